The van der Waals surface area contributed by atoms with Crippen molar-refractivity contribution < 1.29 is 4.79 Å². The molecule has 0 spiro atoms. The van der Waals surface area contributed by atoms with E-state index in [0.717, 1.165) is 24.3 Å². The van der Waals surface area contributed by atoms with E-state index in [0.29, 0.717) is 12.5 Å². The first-order valence-corrected chi connectivity index (χ1v) is 7.33. The van der Waals surface area contributed by atoms with E-state index in [4.69, 9.17) is 5.73 Å². The Hall–Kier alpha value is -1.71. The summed E-state index contributed by atoms with van der Waals surface area (Å²) in [5.41, 5.74) is 7.54. The molecule has 4 nitrogen and oxygen atoms in total. The first kappa shape index (κ1) is 16.3. The van der Waals surface area contributed by atoms with Crippen molar-refractivity contribution in [2.24, 2.45) is 5.92 Å². The first-order valence-electron chi connectivity index (χ1n) is 7.33. The standard InChI is InChI=1S/C16H27N3O/c1-5-9-19(15-8-6-7-14(17)10-15)11-16(20)18-13(4)12(2)3/h6-8,10,12-13H,5,9,11,17H2,1-4H3,(H,18,20). The van der Waals surface area contributed by atoms with Crippen molar-refractivity contribution in [3.63, 3.8) is 0 Å². The third-order valence-electron chi connectivity index (χ3n) is 3.45. The molecule has 1 aromatic rings. The van der Waals surface area contributed by atoms with Gasteiger partial charge < -0.3 is 16.0 Å². The average molecular weight is 277 g/mol. The molecule has 1 rings (SSSR count). The summed E-state index contributed by atoms with van der Waals surface area (Å²) in [6.07, 6.45) is 0.988. The number of nitrogens with one attached hydrogen (secondary N) is 1. The Morgan fingerprint density at radius 1 is 1.35 bits per heavy atom. The highest BCUT2D eigenvalue weighted by atomic mass is 16.2. The van der Waals surface area contributed by atoms with Crippen LogP contribution in [0.5, 0.6) is 0 Å². The zero-order chi connectivity index (χ0) is 15.1. The highest BCUT2D eigenvalue weighted by Gasteiger charge is 2.14. The molecular weight excluding hydrogens is 250 g/mol. The number of hydrogen-bond acceptors (Lipinski definition) is 3. The molecule has 0 saturated carbocycles. The molecular formula is C16H27N3O. The Kier molecular flexibility index (Phi) is 6.36. The highest BCUT2D eigenvalue weighted by Crippen LogP contribution is 2.17. The number of amides is 1. The highest BCUT2D eigenvalue weighted by molar-refractivity contribution is 5.81. The van der Waals surface area contributed by atoms with Gasteiger partial charge in [-0.05, 0) is 37.5 Å². The van der Waals surface area contributed by atoms with Crippen LogP contribution in [0.1, 0.15) is 34.1 Å². The molecule has 0 bridgehead atoms. The van der Waals surface area contributed by atoms with Crippen LogP contribution in [0.4, 0.5) is 11.4 Å². The molecule has 0 fully saturated rings. The molecule has 1 aromatic carbocycles. The molecule has 4 heteroatoms. The number of hydrogen-bond donors (Lipinski definition) is 2. The fourth-order valence-corrected chi connectivity index (χ4v) is 1.93. The molecule has 0 aliphatic carbocycles. The molecule has 0 aromatic heterocycles. The van der Waals surface area contributed by atoms with Gasteiger partial charge in [0.2, 0.25) is 5.91 Å². The quantitative estimate of drug-likeness (QED) is 0.753. The Morgan fingerprint density at radius 2 is 2.05 bits per heavy atom. The largest absolute Gasteiger partial charge is 0.399 e. The van der Waals surface area contributed by atoms with Gasteiger partial charge in [-0.15, -0.1) is 0 Å². The van der Waals surface area contributed by atoms with E-state index in [9.17, 15) is 4.79 Å². The van der Waals surface area contributed by atoms with E-state index in [1.807, 2.05) is 31.2 Å². The van der Waals surface area contributed by atoms with Gasteiger partial charge in [0, 0.05) is 24.0 Å². The van der Waals surface area contributed by atoms with E-state index in [1.54, 1.807) is 0 Å². The molecule has 0 saturated heterocycles. The Labute approximate surface area is 122 Å². The monoisotopic (exact) mass is 277 g/mol. The maximum Gasteiger partial charge on any atom is 0.239 e. The van der Waals surface area contributed by atoms with Crippen molar-refractivity contribution in [2.45, 2.75) is 40.2 Å². The van der Waals surface area contributed by atoms with Crippen molar-refractivity contribution >= 4 is 17.3 Å². The van der Waals surface area contributed by atoms with E-state index in [1.165, 1.54) is 0 Å². The van der Waals surface area contributed by atoms with Crippen molar-refractivity contribution in [1.29, 1.82) is 0 Å². The number of anilines is 2. The van der Waals surface area contributed by atoms with Crippen LogP contribution in [-0.2, 0) is 4.79 Å². The number of nitrogens with zero attached hydrogens (tertiary/aromatic N) is 1. The van der Waals surface area contributed by atoms with Crippen molar-refractivity contribution in [2.75, 3.05) is 23.7 Å². The number of benzene rings is 1. The number of nitrogen functional groups attached to an aromatic ring is 1. The van der Waals surface area contributed by atoms with Gasteiger partial charge >= 0.3 is 0 Å². The van der Waals surface area contributed by atoms with Crippen LogP contribution in [0, 0.1) is 5.92 Å². The number of nitrogens with two attached hydrogens (primary N) is 1. The summed E-state index contributed by atoms with van der Waals surface area (Å²) >= 11 is 0. The summed E-state index contributed by atoms with van der Waals surface area (Å²) in [4.78, 5) is 14.2. The van der Waals surface area contributed by atoms with Crippen LogP contribution in [0.25, 0.3) is 0 Å². The van der Waals surface area contributed by atoms with Gasteiger partial charge in [0.1, 0.15) is 0 Å². The molecule has 20 heavy (non-hydrogen) atoms. The van der Waals surface area contributed by atoms with Gasteiger partial charge in [0.05, 0.1) is 6.54 Å². The zero-order valence-corrected chi connectivity index (χ0v) is 13.0. The lowest BCUT2D eigenvalue weighted by atomic mass is 10.1. The molecule has 1 atom stereocenters. The Morgan fingerprint density at radius 3 is 2.60 bits per heavy atom. The third kappa shape index (κ3) is 5.11. The molecule has 1 unspecified atom stereocenters. The lowest BCUT2D eigenvalue weighted by Crippen LogP contribution is -2.43. The maximum atomic E-state index is 12.1. The smallest absolute Gasteiger partial charge is 0.239 e. The number of carbonyl (C=O) groups is 1. The second-order valence-electron chi connectivity index (χ2n) is 5.62. The summed E-state index contributed by atoms with van der Waals surface area (Å²) in [6.45, 7) is 9.56. The van der Waals surface area contributed by atoms with Crippen LogP contribution in [0.2, 0.25) is 0 Å². The first-order chi connectivity index (χ1) is 9.43. The topological polar surface area (TPSA) is 58.4 Å². The fraction of sp³-hybridized carbons (Fsp3) is 0.562. The third-order valence-corrected chi connectivity index (χ3v) is 3.45. The molecule has 0 heterocycles. The minimum Gasteiger partial charge on any atom is -0.399 e. The average Bonchev–Trinajstić information content (AvgIpc) is 2.38. The Balaban J connectivity index is 2.70. The van der Waals surface area contributed by atoms with Crippen LogP contribution in [-0.4, -0.2) is 25.0 Å². The molecule has 1 amide bonds. The summed E-state index contributed by atoms with van der Waals surface area (Å²) < 4.78 is 0. The van der Waals surface area contributed by atoms with E-state index in [2.05, 4.69) is 31.0 Å². The van der Waals surface area contributed by atoms with Crippen molar-refractivity contribution in [3.05, 3.63) is 24.3 Å². The lowest BCUT2D eigenvalue weighted by Gasteiger charge is -2.26. The minimum absolute atomic E-state index is 0.0575. The normalized spacial score (nSPS) is 12.2. The van der Waals surface area contributed by atoms with E-state index in [-0.39, 0.29) is 11.9 Å². The summed E-state index contributed by atoms with van der Waals surface area (Å²) in [5.74, 6) is 0.494. The number of rotatable bonds is 7. The maximum absolute atomic E-state index is 12.1. The lowest BCUT2D eigenvalue weighted by molar-refractivity contribution is -0.120. The molecule has 3 N–H and O–H groups in total. The molecule has 0 radical (unpaired) electrons. The van der Waals surface area contributed by atoms with Gasteiger partial charge in [0.25, 0.3) is 0 Å². The Bertz CT molecular complexity index is 431. The van der Waals surface area contributed by atoms with Gasteiger partial charge in [-0.25, -0.2) is 0 Å². The fourth-order valence-electron chi connectivity index (χ4n) is 1.93. The second-order valence-corrected chi connectivity index (χ2v) is 5.62. The predicted octanol–water partition coefficient (Wildman–Crippen LogP) is 2.65. The van der Waals surface area contributed by atoms with Crippen molar-refractivity contribution in [1.82, 2.24) is 5.32 Å². The SMILES string of the molecule is CCCN(CC(=O)NC(C)C(C)C)c1cccc(N)c1. The van der Waals surface area contributed by atoms with Crippen LogP contribution >= 0.6 is 0 Å². The second kappa shape index (κ2) is 7.78. The van der Waals surface area contributed by atoms with Gasteiger partial charge in [-0.2, -0.15) is 0 Å². The summed E-state index contributed by atoms with van der Waals surface area (Å²) in [5, 5.41) is 3.04. The van der Waals surface area contributed by atoms with Crippen molar-refractivity contribution in [3.8, 4) is 0 Å². The van der Waals surface area contributed by atoms with Gasteiger partial charge in [0.15, 0.2) is 0 Å². The predicted molar refractivity (Wildman–Crippen MR) is 85.8 cm³/mol. The van der Waals surface area contributed by atoms with Crippen LogP contribution in [0.3, 0.4) is 0 Å². The van der Waals surface area contributed by atoms with Gasteiger partial charge in [-0.1, -0.05) is 26.8 Å². The molecule has 112 valence electrons. The van der Waals surface area contributed by atoms with Crippen LogP contribution < -0.4 is 16.0 Å². The molecule has 0 aliphatic rings. The zero-order valence-electron chi connectivity index (χ0n) is 13.0. The summed E-state index contributed by atoms with van der Waals surface area (Å²) in [6, 6.07) is 7.86. The van der Waals surface area contributed by atoms with E-state index >= 15 is 0 Å². The van der Waals surface area contributed by atoms with E-state index < -0.39 is 0 Å². The number of carbonyl (C=O) groups excluding carboxylic acids is 1. The van der Waals surface area contributed by atoms with Crippen LogP contribution in [0.15, 0.2) is 24.3 Å². The molecule has 0 aliphatic heterocycles. The minimum atomic E-state index is 0.0575. The summed E-state index contributed by atoms with van der Waals surface area (Å²) in [7, 11) is 0. The van der Waals surface area contributed by atoms with Gasteiger partial charge in [-0.3, -0.25) is 4.79 Å².